The van der Waals surface area contributed by atoms with E-state index in [1.165, 1.54) is 12.8 Å². The summed E-state index contributed by atoms with van der Waals surface area (Å²) in [6.45, 7) is 7.98. The van der Waals surface area contributed by atoms with Crippen molar-refractivity contribution in [3.63, 3.8) is 0 Å². The van der Waals surface area contributed by atoms with E-state index in [1.807, 2.05) is 6.07 Å². The first-order valence-corrected chi connectivity index (χ1v) is 7.25. The second-order valence-electron chi connectivity index (χ2n) is 6.46. The summed E-state index contributed by atoms with van der Waals surface area (Å²) in [6, 6.07) is 1.92. The summed E-state index contributed by atoms with van der Waals surface area (Å²) in [5, 5.41) is 0. The molecule has 0 bridgehead atoms. The van der Waals surface area contributed by atoms with Gasteiger partial charge in [0.15, 0.2) is 0 Å². The van der Waals surface area contributed by atoms with Crippen molar-refractivity contribution in [3.05, 3.63) is 11.9 Å². The number of hydrazine groups is 1. The molecule has 1 aliphatic heterocycles. The van der Waals surface area contributed by atoms with E-state index in [9.17, 15) is 0 Å². The van der Waals surface area contributed by atoms with Gasteiger partial charge in [-0.3, -0.25) is 0 Å². The maximum absolute atomic E-state index is 5.95. The monoisotopic (exact) mass is 277 g/mol. The lowest BCUT2D eigenvalue weighted by atomic mass is 10.1. The van der Waals surface area contributed by atoms with Crippen LogP contribution < -0.4 is 16.2 Å². The number of anilines is 2. The summed E-state index contributed by atoms with van der Waals surface area (Å²) in [4.78, 5) is 11.5. The molecule has 110 valence electrons. The Kier molecular flexibility index (Phi) is 3.30. The van der Waals surface area contributed by atoms with Crippen molar-refractivity contribution in [1.82, 2.24) is 9.97 Å². The van der Waals surface area contributed by atoms with Crippen LogP contribution in [0.5, 0.6) is 0 Å². The zero-order valence-electron chi connectivity index (χ0n) is 12.4. The first kappa shape index (κ1) is 13.6. The normalized spacial score (nSPS) is 25.6. The summed E-state index contributed by atoms with van der Waals surface area (Å²) >= 11 is 0. The number of nitrogens with two attached hydrogens (primary N) is 1. The van der Waals surface area contributed by atoms with Gasteiger partial charge in [-0.05, 0) is 33.6 Å². The highest BCUT2D eigenvalue weighted by Crippen LogP contribution is 2.39. The zero-order valence-corrected chi connectivity index (χ0v) is 12.4. The van der Waals surface area contributed by atoms with Crippen molar-refractivity contribution < 1.29 is 4.74 Å². The average molecular weight is 277 g/mol. The fourth-order valence-corrected chi connectivity index (χ4v) is 2.84. The van der Waals surface area contributed by atoms with E-state index < -0.39 is 0 Å². The molecule has 6 nitrogen and oxygen atoms in total. The molecule has 3 rings (SSSR count). The smallest absolute Gasteiger partial charge is 0.145 e. The van der Waals surface area contributed by atoms with Crippen molar-refractivity contribution in [3.8, 4) is 0 Å². The van der Waals surface area contributed by atoms with Crippen LogP contribution >= 0.6 is 0 Å². The van der Waals surface area contributed by atoms with Crippen molar-refractivity contribution >= 4 is 11.6 Å². The summed E-state index contributed by atoms with van der Waals surface area (Å²) in [5.74, 6) is 8.58. The maximum atomic E-state index is 5.95. The fourth-order valence-electron chi connectivity index (χ4n) is 2.84. The van der Waals surface area contributed by atoms with Gasteiger partial charge in [0.25, 0.3) is 0 Å². The molecule has 1 aromatic heterocycles. The molecular formula is C14H23N5O. The van der Waals surface area contributed by atoms with Gasteiger partial charge < -0.3 is 15.1 Å². The number of hydrogen-bond acceptors (Lipinski definition) is 6. The van der Waals surface area contributed by atoms with Crippen LogP contribution in [0.25, 0.3) is 0 Å². The molecule has 3 N–H and O–H groups in total. The molecule has 2 heterocycles. The van der Waals surface area contributed by atoms with Crippen LogP contribution in [0.4, 0.5) is 11.6 Å². The molecule has 1 atom stereocenters. The molecule has 0 aromatic carbocycles. The van der Waals surface area contributed by atoms with Crippen LogP contribution in [0, 0.1) is 0 Å². The van der Waals surface area contributed by atoms with Crippen molar-refractivity contribution in [1.29, 1.82) is 0 Å². The summed E-state index contributed by atoms with van der Waals surface area (Å²) in [6.07, 6.45) is 2.55. The molecule has 1 aliphatic carbocycles. The minimum Gasteiger partial charge on any atom is -0.369 e. The van der Waals surface area contributed by atoms with Crippen LogP contribution in [0.15, 0.2) is 6.07 Å². The Labute approximate surface area is 119 Å². The Balaban J connectivity index is 1.90. The maximum Gasteiger partial charge on any atom is 0.145 e. The minimum atomic E-state index is -0.168. The van der Waals surface area contributed by atoms with E-state index in [2.05, 4.69) is 36.1 Å². The number of hydrogen-bond donors (Lipinski definition) is 2. The first-order valence-electron chi connectivity index (χ1n) is 7.25. The summed E-state index contributed by atoms with van der Waals surface area (Å²) in [5.41, 5.74) is 2.48. The van der Waals surface area contributed by atoms with Gasteiger partial charge in [0, 0.05) is 25.1 Å². The highest BCUT2D eigenvalue weighted by Gasteiger charge is 2.33. The molecule has 1 unspecified atom stereocenters. The van der Waals surface area contributed by atoms with Gasteiger partial charge >= 0.3 is 0 Å². The molecule has 20 heavy (non-hydrogen) atoms. The SMILES string of the molecule is CC1CN(c2cc(NN)nc(C3CC3)n2)CC(C)(C)O1. The van der Waals surface area contributed by atoms with E-state index in [-0.39, 0.29) is 11.7 Å². The lowest BCUT2D eigenvalue weighted by Gasteiger charge is -2.42. The Hall–Kier alpha value is -1.40. The number of aromatic nitrogens is 2. The number of morpholine rings is 1. The van der Waals surface area contributed by atoms with Crippen LogP contribution in [-0.2, 0) is 4.74 Å². The average Bonchev–Trinajstić information content (AvgIpc) is 3.20. The summed E-state index contributed by atoms with van der Waals surface area (Å²) < 4.78 is 5.95. The second-order valence-corrected chi connectivity index (χ2v) is 6.46. The lowest BCUT2D eigenvalue weighted by Crippen LogP contribution is -2.52. The highest BCUT2D eigenvalue weighted by atomic mass is 16.5. The third kappa shape index (κ3) is 2.86. The molecule has 0 spiro atoms. The largest absolute Gasteiger partial charge is 0.369 e. The molecule has 2 aliphatic rings. The van der Waals surface area contributed by atoms with Crippen molar-refractivity contribution in [2.24, 2.45) is 5.84 Å². The number of nitrogen functional groups attached to an aromatic ring is 1. The molecule has 0 radical (unpaired) electrons. The lowest BCUT2D eigenvalue weighted by molar-refractivity contribution is -0.0751. The zero-order chi connectivity index (χ0) is 14.3. The Morgan fingerprint density at radius 1 is 1.40 bits per heavy atom. The van der Waals surface area contributed by atoms with Gasteiger partial charge in [0.1, 0.15) is 17.5 Å². The van der Waals surface area contributed by atoms with E-state index in [0.29, 0.717) is 11.7 Å². The van der Waals surface area contributed by atoms with Crippen LogP contribution in [0.2, 0.25) is 0 Å². The molecule has 1 saturated carbocycles. The molecule has 6 heteroatoms. The molecule has 2 fully saturated rings. The fraction of sp³-hybridized carbons (Fsp3) is 0.714. The van der Waals surface area contributed by atoms with Gasteiger partial charge in [-0.1, -0.05) is 0 Å². The number of nitrogens with zero attached hydrogens (tertiary/aromatic N) is 3. The molecule has 1 aromatic rings. The third-order valence-corrected chi connectivity index (χ3v) is 3.71. The predicted molar refractivity (Wildman–Crippen MR) is 78.7 cm³/mol. The van der Waals surface area contributed by atoms with Gasteiger partial charge in [-0.15, -0.1) is 0 Å². The quantitative estimate of drug-likeness (QED) is 0.646. The number of ether oxygens (including phenoxy) is 1. The topological polar surface area (TPSA) is 76.3 Å². The van der Waals surface area contributed by atoms with Gasteiger partial charge in [-0.25, -0.2) is 15.8 Å². The van der Waals surface area contributed by atoms with Crippen molar-refractivity contribution in [2.45, 2.75) is 51.2 Å². The standard InChI is InChI=1S/C14H23N5O/c1-9-7-19(8-14(2,3)20-9)12-6-11(18-15)16-13(17-12)10-4-5-10/h6,9-10H,4-5,7-8,15H2,1-3H3,(H,16,17,18). The van der Waals surface area contributed by atoms with Gasteiger partial charge in [0.05, 0.1) is 11.7 Å². The van der Waals surface area contributed by atoms with E-state index in [4.69, 9.17) is 15.6 Å². The Bertz CT molecular complexity index is 500. The van der Waals surface area contributed by atoms with E-state index in [0.717, 1.165) is 24.7 Å². The van der Waals surface area contributed by atoms with Gasteiger partial charge in [-0.2, -0.15) is 0 Å². The molecular weight excluding hydrogens is 254 g/mol. The van der Waals surface area contributed by atoms with Crippen molar-refractivity contribution in [2.75, 3.05) is 23.4 Å². The number of rotatable bonds is 3. The Morgan fingerprint density at radius 2 is 2.15 bits per heavy atom. The van der Waals surface area contributed by atoms with E-state index >= 15 is 0 Å². The predicted octanol–water partition coefficient (Wildman–Crippen LogP) is 1.64. The van der Waals surface area contributed by atoms with Crippen LogP contribution in [-0.4, -0.2) is 34.8 Å². The highest BCUT2D eigenvalue weighted by molar-refractivity contribution is 5.50. The number of nitrogens with one attached hydrogen (secondary N) is 1. The van der Waals surface area contributed by atoms with E-state index in [1.54, 1.807) is 0 Å². The van der Waals surface area contributed by atoms with Crippen LogP contribution in [0.1, 0.15) is 45.4 Å². The summed E-state index contributed by atoms with van der Waals surface area (Å²) in [7, 11) is 0. The minimum absolute atomic E-state index is 0.168. The van der Waals surface area contributed by atoms with Gasteiger partial charge in [0.2, 0.25) is 0 Å². The Morgan fingerprint density at radius 3 is 2.75 bits per heavy atom. The van der Waals surface area contributed by atoms with Crippen LogP contribution in [0.3, 0.4) is 0 Å². The third-order valence-electron chi connectivity index (χ3n) is 3.71. The second kappa shape index (κ2) is 4.86. The molecule has 1 saturated heterocycles. The first-order chi connectivity index (χ1) is 9.47. The molecule has 0 amide bonds.